The van der Waals surface area contributed by atoms with Crippen molar-refractivity contribution in [3.8, 4) is 22.7 Å². The van der Waals surface area contributed by atoms with E-state index >= 15 is 0 Å². The molecule has 1 unspecified atom stereocenters. The summed E-state index contributed by atoms with van der Waals surface area (Å²) in [6.07, 6.45) is 0.790. The predicted molar refractivity (Wildman–Crippen MR) is 188 cm³/mol. The number of hydrogen-bond acceptors (Lipinski definition) is 9. The van der Waals surface area contributed by atoms with E-state index in [9.17, 15) is 18.0 Å². The average molecular weight is 704 g/mol. The molecule has 2 aromatic carbocycles. The number of aryl methyl sites for hydroxylation is 3. The molecule has 0 radical (unpaired) electrons. The fraction of sp³-hybridized carbons (Fsp3) is 0.474. The highest BCUT2D eigenvalue weighted by Crippen LogP contribution is 2.43. The van der Waals surface area contributed by atoms with Gasteiger partial charge in [-0.1, -0.05) is 30.3 Å². The summed E-state index contributed by atoms with van der Waals surface area (Å²) in [7, 11) is 0. The lowest BCUT2D eigenvalue weighted by atomic mass is 9.76. The molecule has 1 aliphatic carbocycles. The molecule has 4 heterocycles. The molecule has 0 bridgehead atoms. The largest absolute Gasteiger partial charge is 0.461 e. The molecule has 3 fully saturated rings. The second kappa shape index (κ2) is 13.8. The van der Waals surface area contributed by atoms with Crippen LogP contribution in [0, 0.1) is 26.2 Å². The number of esters is 1. The van der Waals surface area contributed by atoms with E-state index in [1.165, 1.54) is 16.8 Å². The smallest absolute Gasteiger partial charge is 0.429 e. The van der Waals surface area contributed by atoms with Crippen LogP contribution in [0.2, 0.25) is 0 Å². The van der Waals surface area contributed by atoms with E-state index in [0.717, 1.165) is 60.8 Å². The molecule has 1 saturated carbocycles. The SMILES string of the molecule is Cc1ccn(-c2cc(-c3ccc(C)c(C)c3)ccc2[C@@H](Oc2cc(N3CCC4(CC3)CNC(C(=O)OC3CCCC3)C4)nc(N)n2)C(F)(F)F)n1. The molecule has 10 nitrogen and oxygen atoms in total. The highest BCUT2D eigenvalue weighted by atomic mass is 19.4. The van der Waals surface area contributed by atoms with Gasteiger partial charge in [0.2, 0.25) is 17.9 Å². The fourth-order valence-corrected chi connectivity index (χ4v) is 7.62. The number of carbonyl (C=O) groups excluding carboxylic acids is 1. The van der Waals surface area contributed by atoms with Crippen LogP contribution in [0.4, 0.5) is 24.9 Å². The Hall–Kier alpha value is -4.65. The number of ether oxygens (including phenoxy) is 2. The lowest BCUT2D eigenvalue weighted by molar-refractivity contribution is -0.198. The number of piperidine rings is 1. The number of halogens is 3. The first-order valence-electron chi connectivity index (χ1n) is 17.7. The van der Waals surface area contributed by atoms with Gasteiger partial charge in [-0.2, -0.15) is 28.2 Å². The van der Waals surface area contributed by atoms with Crippen LogP contribution < -0.4 is 20.7 Å². The summed E-state index contributed by atoms with van der Waals surface area (Å²) in [6, 6.07) is 13.6. The number of alkyl halides is 3. The van der Waals surface area contributed by atoms with E-state index in [0.29, 0.717) is 37.6 Å². The van der Waals surface area contributed by atoms with Gasteiger partial charge in [-0.3, -0.25) is 4.79 Å². The summed E-state index contributed by atoms with van der Waals surface area (Å²) < 4.78 is 57.8. The van der Waals surface area contributed by atoms with Gasteiger partial charge >= 0.3 is 12.1 Å². The van der Waals surface area contributed by atoms with Gasteiger partial charge in [-0.05, 0) is 106 Å². The Labute approximate surface area is 295 Å². The molecular formula is C38H44F3N7O3. The Morgan fingerprint density at radius 3 is 2.39 bits per heavy atom. The first-order valence-corrected chi connectivity index (χ1v) is 17.7. The van der Waals surface area contributed by atoms with Crippen molar-refractivity contribution in [2.75, 3.05) is 30.3 Å². The van der Waals surface area contributed by atoms with Crippen LogP contribution in [0.5, 0.6) is 5.88 Å². The molecule has 2 atom stereocenters. The van der Waals surface area contributed by atoms with E-state index in [1.54, 1.807) is 31.3 Å². The van der Waals surface area contributed by atoms with Gasteiger partial charge in [0.15, 0.2) is 0 Å². The lowest BCUT2D eigenvalue weighted by Crippen LogP contribution is -2.41. The van der Waals surface area contributed by atoms with E-state index in [4.69, 9.17) is 15.2 Å². The van der Waals surface area contributed by atoms with Gasteiger partial charge < -0.3 is 25.4 Å². The third-order valence-corrected chi connectivity index (χ3v) is 10.7. The van der Waals surface area contributed by atoms with Gasteiger partial charge in [0.1, 0.15) is 18.0 Å². The highest BCUT2D eigenvalue weighted by molar-refractivity contribution is 5.76. The number of carbonyl (C=O) groups is 1. The maximum atomic E-state index is 15.0. The van der Waals surface area contributed by atoms with Gasteiger partial charge in [0.25, 0.3) is 0 Å². The zero-order chi connectivity index (χ0) is 35.9. The molecule has 13 heteroatoms. The minimum Gasteiger partial charge on any atom is -0.461 e. The second-order valence-electron chi connectivity index (χ2n) is 14.4. The van der Waals surface area contributed by atoms with Crippen molar-refractivity contribution in [2.45, 2.75) is 90.1 Å². The monoisotopic (exact) mass is 703 g/mol. The molecule has 0 amide bonds. The predicted octanol–water partition coefficient (Wildman–Crippen LogP) is 6.95. The maximum Gasteiger partial charge on any atom is 0.429 e. The Morgan fingerprint density at radius 2 is 1.71 bits per heavy atom. The van der Waals surface area contributed by atoms with E-state index in [-0.39, 0.29) is 46.6 Å². The van der Waals surface area contributed by atoms with Crippen molar-refractivity contribution in [2.24, 2.45) is 5.41 Å². The van der Waals surface area contributed by atoms with Crippen molar-refractivity contribution in [3.05, 3.63) is 77.1 Å². The molecule has 51 heavy (non-hydrogen) atoms. The van der Waals surface area contributed by atoms with Crippen molar-refractivity contribution in [1.82, 2.24) is 25.1 Å². The van der Waals surface area contributed by atoms with Crippen LogP contribution in [0.25, 0.3) is 16.8 Å². The van der Waals surface area contributed by atoms with E-state index < -0.39 is 12.3 Å². The standard InChI is InChI=1S/C38H44F3N7O3/c1-23-8-9-26(18-24(23)2)27-10-11-29(31(19-27)48-15-12-25(3)46-48)34(38(39,40)41)51-33-20-32(44-36(42)45-33)47-16-13-37(14-17-47)21-30(43-22-37)35(49)50-28-6-4-5-7-28/h8-12,15,18-20,28,30,34,43H,4-7,13-14,16-17,21-22H2,1-3H3,(H2,42,44,45)/t30?,34-/m1/s1. The number of nitrogen functional groups attached to an aromatic ring is 1. The summed E-state index contributed by atoms with van der Waals surface area (Å²) in [5, 5.41) is 7.83. The molecule has 1 spiro atoms. The zero-order valence-corrected chi connectivity index (χ0v) is 29.2. The van der Waals surface area contributed by atoms with E-state index in [1.807, 2.05) is 36.9 Å². The van der Waals surface area contributed by atoms with Gasteiger partial charge in [-0.15, -0.1) is 0 Å². The average Bonchev–Trinajstić information content (AvgIpc) is 3.87. The first kappa shape index (κ1) is 34.8. The number of nitrogens with two attached hydrogens (primary N) is 1. The third-order valence-electron chi connectivity index (χ3n) is 10.7. The third kappa shape index (κ3) is 7.53. The molecule has 3 aliphatic rings. The normalized spacial score (nSPS) is 19.8. The van der Waals surface area contributed by atoms with E-state index in [2.05, 4.69) is 20.4 Å². The molecule has 270 valence electrons. The first-order chi connectivity index (χ1) is 24.4. The summed E-state index contributed by atoms with van der Waals surface area (Å²) in [5.74, 6) is -0.242. The number of anilines is 2. The van der Waals surface area contributed by atoms with Crippen LogP contribution in [-0.4, -0.2) is 63.7 Å². The molecule has 4 aromatic rings. The minimum absolute atomic E-state index is 0.0259. The molecule has 7 rings (SSSR count). The fourth-order valence-electron chi connectivity index (χ4n) is 7.62. The lowest BCUT2D eigenvalue weighted by Gasteiger charge is -2.39. The van der Waals surface area contributed by atoms with Crippen LogP contribution in [0.3, 0.4) is 0 Å². The number of benzene rings is 2. The number of rotatable bonds is 8. The molecule has 2 aliphatic heterocycles. The van der Waals surface area contributed by atoms with Crippen molar-refractivity contribution in [3.63, 3.8) is 0 Å². The zero-order valence-electron chi connectivity index (χ0n) is 29.2. The van der Waals surface area contributed by atoms with Crippen LogP contribution in [0.15, 0.2) is 54.7 Å². The van der Waals surface area contributed by atoms with Crippen molar-refractivity contribution in [1.29, 1.82) is 0 Å². The van der Waals surface area contributed by atoms with Crippen LogP contribution >= 0.6 is 0 Å². The Bertz CT molecular complexity index is 1900. The Morgan fingerprint density at radius 1 is 0.980 bits per heavy atom. The highest BCUT2D eigenvalue weighted by Gasteiger charge is 2.46. The molecule has 2 aromatic heterocycles. The number of aromatic nitrogens is 4. The number of nitrogens with one attached hydrogen (secondary N) is 1. The maximum absolute atomic E-state index is 15.0. The topological polar surface area (TPSA) is 120 Å². The Kier molecular flexibility index (Phi) is 9.42. The molecule has 2 saturated heterocycles. The molecule has 3 N–H and O–H groups in total. The second-order valence-corrected chi connectivity index (χ2v) is 14.4. The summed E-state index contributed by atoms with van der Waals surface area (Å²) >= 11 is 0. The minimum atomic E-state index is -4.80. The van der Waals surface area contributed by atoms with Crippen LogP contribution in [-0.2, 0) is 9.53 Å². The molecular weight excluding hydrogens is 659 g/mol. The summed E-state index contributed by atoms with van der Waals surface area (Å²) in [4.78, 5) is 23.3. The van der Waals surface area contributed by atoms with Crippen molar-refractivity contribution >= 4 is 17.7 Å². The number of nitrogens with zero attached hydrogens (tertiary/aromatic N) is 5. The van der Waals surface area contributed by atoms with Gasteiger partial charge in [-0.25, -0.2) is 4.68 Å². The number of hydrogen-bond donors (Lipinski definition) is 2. The van der Waals surface area contributed by atoms with Gasteiger partial charge in [0, 0.05) is 37.5 Å². The van der Waals surface area contributed by atoms with Gasteiger partial charge in [0.05, 0.1) is 11.4 Å². The quantitative estimate of drug-likeness (QED) is 0.188. The summed E-state index contributed by atoms with van der Waals surface area (Å²) in [6.45, 7) is 7.68. The summed E-state index contributed by atoms with van der Waals surface area (Å²) in [5.41, 5.74) is 10.6. The Balaban J connectivity index is 1.11. The van der Waals surface area contributed by atoms with Crippen molar-refractivity contribution < 1.29 is 27.4 Å². The van der Waals surface area contributed by atoms with Crippen LogP contribution in [0.1, 0.15) is 73.4 Å².